The van der Waals surface area contributed by atoms with Crippen molar-refractivity contribution in [1.29, 1.82) is 0 Å². The van der Waals surface area contributed by atoms with Gasteiger partial charge in [-0.1, -0.05) is 5.16 Å². The van der Waals surface area contributed by atoms with Crippen molar-refractivity contribution in [3.8, 4) is 0 Å². The molecule has 5 heteroatoms. The minimum atomic E-state index is 0.125. The van der Waals surface area contributed by atoms with E-state index in [9.17, 15) is 0 Å². The second kappa shape index (κ2) is 4.84. The van der Waals surface area contributed by atoms with E-state index in [4.69, 9.17) is 15.9 Å². The zero-order valence-corrected chi connectivity index (χ0v) is 11.1. The quantitative estimate of drug-likeness (QED) is 0.368. The topological polar surface area (TPSA) is 74.7 Å². The van der Waals surface area contributed by atoms with Crippen LogP contribution in [0.2, 0.25) is 0 Å². The highest BCUT2D eigenvalue weighted by Crippen LogP contribution is 2.27. The fourth-order valence-corrected chi connectivity index (χ4v) is 2.22. The van der Waals surface area contributed by atoms with E-state index < -0.39 is 0 Å². The molecule has 0 saturated heterocycles. The highest BCUT2D eigenvalue weighted by Gasteiger charge is 2.21. The molecule has 1 aromatic rings. The van der Waals surface area contributed by atoms with Gasteiger partial charge < -0.3 is 15.8 Å². The molecule has 3 N–H and O–H groups in total. The number of nitrogens with two attached hydrogens (primary N) is 1. The van der Waals surface area contributed by atoms with Gasteiger partial charge in [-0.3, -0.25) is 0 Å². The maximum absolute atomic E-state index is 8.90. The van der Waals surface area contributed by atoms with Crippen molar-refractivity contribution in [2.75, 3.05) is 11.9 Å². The van der Waals surface area contributed by atoms with E-state index in [1.54, 1.807) is 0 Å². The molecule has 1 heterocycles. The third-order valence-corrected chi connectivity index (χ3v) is 3.52. The predicted octanol–water partition coefficient (Wildman–Crippen LogP) is 1.51. The molecule has 1 aliphatic carbocycles. The predicted molar refractivity (Wildman–Crippen MR) is 72.3 cm³/mol. The molecule has 0 unspecified atom stereocenters. The molecule has 0 amide bonds. The second-order valence-corrected chi connectivity index (χ2v) is 5.01. The summed E-state index contributed by atoms with van der Waals surface area (Å²) >= 11 is 0. The lowest BCUT2D eigenvalue weighted by Crippen LogP contribution is -2.30. The lowest BCUT2D eigenvalue weighted by Gasteiger charge is -2.25. The fraction of sp³-hybridized carbons (Fsp3) is 0.538. The maximum Gasteiger partial charge on any atom is 0.173 e. The van der Waals surface area contributed by atoms with Gasteiger partial charge in [-0.2, -0.15) is 0 Å². The van der Waals surface area contributed by atoms with Crippen LogP contribution in [0.3, 0.4) is 0 Å². The molecular formula is C13H20N4O. The van der Waals surface area contributed by atoms with Crippen LogP contribution in [-0.4, -0.2) is 29.1 Å². The molecular weight excluding hydrogens is 228 g/mol. The molecule has 98 valence electrons. The van der Waals surface area contributed by atoms with Crippen LogP contribution < -0.4 is 10.6 Å². The van der Waals surface area contributed by atoms with Gasteiger partial charge in [-0.15, -0.1) is 0 Å². The van der Waals surface area contributed by atoms with Crippen LogP contribution >= 0.6 is 0 Å². The molecule has 1 aromatic heterocycles. The first-order valence-corrected chi connectivity index (χ1v) is 6.28. The fourth-order valence-electron chi connectivity index (χ4n) is 2.22. The Morgan fingerprint density at radius 3 is 2.83 bits per heavy atom. The number of amidine groups is 1. The van der Waals surface area contributed by atoms with E-state index in [0.717, 1.165) is 30.8 Å². The monoisotopic (exact) mass is 248 g/mol. The highest BCUT2D eigenvalue weighted by molar-refractivity contribution is 6.01. The van der Waals surface area contributed by atoms with E-state index in [1.165, 1.54) is 5.56 Å². The minimum Gasteiger partial charge on any atom is -0.409 e. The second-order valence-electron chi connectivity index (χ2n) is 5.01. The molecule has 0 radical (unpaired) electrons. The van der Waals surface area contributed by atoms with Gasteiger partial charge in [0.1, 0.15) is 5.82 Å². The van der Waals surface area contributed by atoms with E-state index in [2.05, 4.69) is 19.0 Å². The van der Waals surface area contributed by atoms with Gasteiger partial charge in [0.05, 0.1) is 5.56 Å². The molecule has 5 nitrogen and oxygen atoms in total. The summed E-state index contributed by atoms with van der Waals surface area (Å²) in [7, 11) is 1.97. The van der Waals surface area contributed by atoms with E-state index in [1.807, 2.05) is 18.0 Å². The summed E-state index contributed by atoms with van der Waals surface area (Å²) in [5.41, 5.74) is 8.84. The van der Waals surface area contributed by atoms with Crippen LogP contribution in [0.25, 0.3) is 0 Å². The van der Waals surface area contributed by atoms with Crippen molar-refractivity contribution in [3.05, 3.63) is 22.9 Å². The average Bonchev–Trinajstić information content (AvgIpc) is 2.82. The summed E-state index contributed by atoms with van der Waals surface area (Å²) in [4.78, 5) is 6.74. The molecule has 0 atom stereocenters. The third-order valence-electron chi connectivity index (χ3n) is 3.52. The average molecular weight is 248 g/mol. The Kier molecular flexibility index (Phi) is 3.41. The van der Waals surface area contributed by atoms with Gasteiger partial charge in [-0.05, 0) is 44.7 Å². The van der Waals surface area contributed by atoms with Gasteiger partial charge in [0.25, 0.3) is 0 Å². The van der Waals surface area contributed by atoms with Crippen molar-refractivity contribution in [1.82, 2.24) is 4.98 Å². The van der Waals surface area contributed by atoms with Gasteiger partial charge in [-0.25, -0.2) is 4.98 Å². The number of oxime groups is 1. The zero-order valence-electron chi connectivity index (χ0n) is 11.1. The molecule has 0 aliphatic heterocycles. The molecule has 1 aliphatic rings. The van der Waals surface area contributed by atoms with Gasteiger partial charge in [0.15, 0.2) is 5.84 Å². The Bertz CT molecular complexity index is 482. The summed E-state index contributed by atoms with van der Waals surface area (Å²) < 4.78 is 0. The third kappa shape index (κ3) is 2.12. The van der Waals surface area contributed by atoms with Gasteiger partial charge in [0.2, 0.25) is 0 Å². The normalized spacial score (nSPS) is 15.0. The molecule has 0 spiro atoms. The van der Waals surface area contributed by atoms with Crippen molar-refractivity contribution in [2.45, 2.75) is 39.2 Å². The standard InChI is InChI=1S/C13H20N4O/c1-8(2)17(3)13-10(12(14)16-18)7-9-5-4-6-11(9)15-13/h7-8,18H,4-6H2,1-3H3,(H2,14,16). The van der Waals surface area contributed by atoms with Crippen molar-refractivity contribution < 1.29 is 5.21 Å². The van der Waals surface area contributed by atoms with Crippen LogP contribution in [0.1, 0.15) is 37.1 Å². The summed E-state index contributed by atoms with van der Waals surface area (Å²) in [6.45, 7) is 4.18. The Balaban J connectivity index is 2.55. The Morgan fingerprint density at radius 1 is 1.50 bits per heavy atom. The number of anilines is 1. The lowest BCUT2D eigenvalue weighted by atomic mass is 10.1. The maximum atomic E-state index is 8.90. The number of rotatable bonds is 3. The number of hydrogen-bond donors (Lipinski definition) is 2. The highest BCUT2D eigenvalue weighted by atomic mass is 16.4. The number of pyridine rings is 1. The minimum absolute atomic E-state index is 0.125. The van der Waals surface area contributed by atoms with Crippen LogP contribution in [0.5, 0.6) is 0 Å². The Morgan fingerprint density at radius 2 is 2.22 bits per heavy atom. The van der Waals surface area contributed by atoms with Gasteiger partial charge >= 0.3 is 0 Å². The number of aromatic nitrogens is 1. The van der Waals surface area contributed by atoms with Crippen LogP contribution in [-0.2, 0) is 12.8 Å². The number of aryl methyl sites for hydroxylation is 2. The molecule has 0 aromatic carbocycles. The van der Waals surface area contributed by atoms with Gasteiger partial charge in [0, 0.05) is 18.8 Å². The number of nitrogens with zero attached hydrogens (tertiary/aromatic N) is 3. The first-order chi connectivity index (χ1) is 8.54. The van der Waals surface area contributed by atoms with E-state index >= 15 is 0 Å². The van der Waals surface area contributed by atoms with Crippen molar-refractivity contribution in [2.24, 2.45) is 10.9 Å². The molecule has 2 rings (SSSR count). The van der Waals surface area contributed by atoms with E-state index in [0.29, 0.717) is 11.6 Å². The smallest absolute Gasteiger partial charge is 0.173 e. The number of fused-ring (bicyclic) bond motifs is 1. The van der Waals surface area contributed by atoms with E-state index in [-0.39, 0.29) is 5.84 Å². The molecule has 0 saturated carbocycles. The van der Waals surface area contributed by atoms with Crippen LogP contribution in [0, 0.1) is 0 Å². The zero-order chi connectivity index (χ0) is 13.3. The summed E-state index contributed by atoms with van der Waals surface area (Å²) in [6.07, 6.45) is 3.18. The lowest BCUT2D eigenvalue weighted by molar-refractivity contribution is 0.318. The van der Waals surface area contributed by atoms with Crippen LogP contribution in [0.4, 0.5) is 5.82 Å². The first-order valence-electron chi connectivity index (χ1n) is 6.28. The largest absolute Gasteiger partial charge is 0.409 e. The molecule has 0 bridgehead atoms. The van der Waals surface area contributed by atoms with Crippen molar-refractivity contribution in [3.63, 3.8) is 0 Å². The number of hydrogen-bond acceptors (Lipinski definition) is 4. The first kappa shape index (κ1) is 12.7. The Hall–Kier alpha value is -1.78. The SMILES string of the molecule is CC(C)N(C)c1nc2c(cc1C(N)=NO)CCC2. The van der Waals surface area contributed by atoms with Crippen molar-refractivity contribution >= 4 is 11.7 Å². The molecule has 18 heavy (non-hydrogen) atoms. The summed E-state index contributed by atoms with van der Waals surface area (Å²) in [5.74, 6) is 0.917. The molecule has 0 fully saturated rings. The van der Waals surface area contributed by atoms with Crippen LogP contribution in [0.15, 0.2) is 11.2 Å². The summed E-state index contributed by atoms with van der Waals surface area (Å²) in [6, 6.07) is 2.32. The Labute approximate surface area is 107 Å². The summed E-state index contributed by atoms with van der Waals surface area (Å²) in [5, 5.41) is 12.0.